The van der Waals surface area contributed by atoms with Gasteiger partial charge in [0, 0.05) is 18.9 Å². The first kappa shape index (κ1) is 14.7. The van der Waals surface area contributed by atoms with Crippen molar-refractivity contribution in [3.63, 3.8) is 0 Å². The van der Waals surface area contributed by atoms with Crippen molar-refractivity contribution in [1.29, 1.82) is 0 Å². The second-order valence-corrected chi connectivity index (χ2v) is 5.37. The van der Waals surface area contributed by atoms with E-state index in [1.165, 1.54) is 5.56 Å². The molecule has 0 fully saturated rings. The Hall–Kier alpha value is -1.68. The third-order valence-electron chi connectivity index (χ3n) is 3.63. The van der Waals surface area contributed by atoms with Crippen LogP contribution in [0, 0.1) is 5.92 Å². The lowest BCUT2D eigenvalue weighted by molar-refractivity contribution is -0.121. The summed E-state index contributed by atoms with van der Waals surface area (Å²) < 4.78 is 0. The van der Waals surface area contributed by atoms with Crippen molar-refractivity contribution in [2.45, 2.75) is 39.0 Å². The van der Waals surface area contributed by atoms with Gasteiger partial charge in [0.25, 0.3) is 0 Å². The number of nitrogens with one attached hydrogen (secondary N) is 1. The Balaban J connectivity index is 1.96. The summed E-state index contributed by atoms with van der Waals surface area (Å²) in [6.45, 7) is 2.31. The first-order valence-corrected chi connectivity index (χ1v) is 7.27. The van der Waals surface area contributed by atoms with E-state index in [1.807, 2.05) is 6.92 Å². The molecule has 108 valence electrons. The van der Waals surface area contributed by atoms with Gasteiger partial charge in [-0.3, -0.25) is 4.79 Å². The molecule has 0 aliphatic carbocycles. The van der Waals surface area contributed by atoms with Gasteiger partial charge in [0.1, 0.15) is 0 Å². The minimum Gasteiger partial charge on any atom is -0.396 e. The molecule has 1 atom stereocenters. The van der Waals surface area contributed by atoms with Crippen LogP contribution in [0.25, 0.3) is 0 Å². The molecule has 1 aliphatic heterocycles. The summed E-state index contributed by atoms with van der Waals surface area (Å²) in [5, 5.41) is 12.9. The number of carbonyl (C=O) groups is 1. The number of nitrogens with zero attached hydrogens (tertiary/aromatic N) is 1. The van der Waals surface area contributed by atoms with E-state index in [0.717, 1.165) is 37.0 Å². The van der Waals surface area contributed by atoms with Crippen molar-refractivity contribution in [3.8, 4) is 0 Å². The number of unbranched alkanes of at least 4 members (excludes halogenated alkanes) is 2. The number of aliphatic hydroxyl groups excluding tert-OH is 1. The maximum absolute atomic E-state index is 11.2. The van der Waals surface area contributed by atoms with Crippen molar-refractivity contribution in [2.75, 3.05) is 6.61 Å². The summed E-state index contributed by atoms with van der Waals surface area (Å²) in [6.07, 6.45) is 4.59. The molecule has 2 rings (SSSR count). The van der Waals surface area contributed by atoms with E-state index in [2.05, 4.69) is 34.8 Å². The Bertz CT molecular complexity index is 480. The van der Waals surface area contributed by atoms with E-state index in [9.17, 15) is 4.79 Å². The van der Waals surface area contributed by atoms with Crippen molar-refractivity contribution in [2.24, 2.45) is 11.0 Å². The fraction of sp³-hybridized carbons (Fsp3) is 0.500. The standard InChI is InChI=1S/C16H22N2O2/c1-12-11-15(20)17-18-16(12)14-8-6-13(7-9-14)5-3-2-4-10-19/h6-9,12,19H,2-5,10-11H2,1H3,(H,17,20). The number of aliphatic hydroxyl groups is 1. The molecule has 1 aromatic rings. The van der Waals surface area contributed by atoms with Gasteiger partial charge in [0.2, 0.25) is 5.91 Å². The van der Waals surface area contributed by atoms with E-state index in [1.54, 1.807) is 0 Å². The summed E-state index contributed by atoms with van der Waals surface area (Å²) in [5.74, 6) is 0.154. The zero-order chi connectivity index (χ0) is 14.4. The van der Waals surface area contributed by atoms with Crippen molar-refractivity contribution in [3.05, 3.63) is 35.4 Å². The normalized spacial score (nSPS) is 18.6. The largest absolute Gasteiger partial charge is 0.396 e. The molecule has 4 nitrogen and oxygen atoms in total. The van der Waals surface area contributed by atoms with E-state index in [0.29, 0.717) is 6.42 Å². The second kappa shape index (κ2) is 7.20. The number of amides is 1. The molecule has 1 amide bonds. The molecule has 4 heteroatoms. The van der Waals surface area contributed by atoms with Crippen LogP contribution in [0.15, 0.2) is 29.4 Å². The Morgan fingerprint density at radius 1 is 1.25 bits per heavy atom. The summed E-state index contributed by atoms with van der Waals surface area (Å²) in [4.78, 5) is 11.2. The van der Waals surface area contributed by atoms with Crippen LogP contribution in [0.2, 0.25) is 0 Å². The molecule has 1 unspecified atom stereocenters. The maximum atomic E-state index is 11.2. The fourth-order valence-electron chi connectivity index (χ4n) is 2.46. The molecule has 0 bridgehead atoms. The first-order chi connectivity index (χ1) is 9.70. The van der Waals surface area contributed by atoms with Gasteiger partial charge in [-0.15, -0.1) is 0 Å². The van der Waals surface area contributed by atoms with Gasteiger partial charge in [0.15, 0.2) is 0 Å². The quantitative estimate of drug-likeness (QED) is 0.782. The topological polar surface area (TPSA) is 61.7 Å². The van der Waals surface area contributed by atoms with Crippen LogP contribution in [-0.2, 0) is 11.2 Å². The lowest BCUT2D eigenvalue weighted by Gasteiger charge is -2.19. The molecule has 0 saturated heterocycles. The summed E-state index contributed by atoms with van der Waals surface area (Å²) in [5.41, 5.74) is 5.89. The Labute approximate surface area is 119 Å². The zero-order valence-corrected chi connectivity index (χ0v) is 11.9. The van der Waals surface area contributed by atoms with Gasteiger partial charge < -0.3 is 5.11 Å². The highest BCUT2D eigenvalue weighted by Gasteiger charge is 2.21. The Morgan fingerprint density at radius 2 is 2.00 bits per heavy atom. The third kappa shape index (κ3) is 3.90. The van der Waals surface area contributed by atoms with E-state index < -0.39 is 0 Å². The predicted molar refractivity (Wildman–Crippen MR) is 79.5 cm³/mol. The lowest BCUT2D eigenvalue weighted by atomic mass is 9.93. The molecule has 0 spiro atoms. The van der Waals surface area contributed by atoms with E-state index >= 15 is 0 Å². The van der Waals surface area contributed by atoms with Crippen LogP contribution >= 0.6 is 0 Å². The number of hydrogen-bond acceptors (Lipinski definition) is 3. The SMILES string of the molecule is CC1CC(=O)NN=C1c1ccc(CCCCCO)cc1. The third-order valence-corrected chi connectivity index (χ3v) is 3.63. The smallest absolute Gasteiger partial charge is 0.240 e. The van der Waals surface area contributed by atoms with Crippen molar-refractivity contribution < 1.29 is 9.90 Å². The molecule has 1 aromatic carbocycles. The molecule has 1 heterocycles. The molecule has 0 aromatic heterocycles. The van der Waals surface area contributed by atoms with Gasteiger partial charge in [-0.05, 0) is 30.4 Å². The number of aryl methyl sites for hydroxylation is 1. The van der Waals surface area contributed by atoms with Crippen molar-refractivity contribution in [1.82, 2.24) is 5.43 Å². The highest BCUT2D eigenvalue weighted by atomic mass is 16.2. The summed E-state index contributed by atoms with van der Waals surface area (Å²) in [7, 11) is 0. The van der Waals surface area contributed by atoms with Gasteiger partial charge in [-0.1, -0.05) is 37.6 Å². The summed E-state index contributed by atoms with van der Waals surface area (Å²) >= 11 is 0. The van der Waals surface area contributed by atoms with Crippen LogP contribution in [-0.4, -0.2) is 23.3 Å². The number of benzene rings is 1. The predicted octanol–water partition coefficient (Wildman–Crippen LogP) is 2.25. The molecule has 0 saturated carbocycles. The molecule has 1 aliphatic rings. The van der Waals surface area contributed by atoms with Crippen LogP contribution in [0.3, 0.4) is 0 Å². The summed E-state index contributed by atoms with van der Waals surface area (Å²) in [6, 6.07) is 8.41. The number of carbonyl (C=O) groups excluding carboxylic acids is 1. The fourth-order valence-corrected chi connectivity index (χ4v) is 2.46. The molecule has 2 N–H and O–H groups in total. The minimum atomic E-state index is -0.0123. The second-order valence-electron chi connectivity index (χ2n) is 5.37. The van der Waals surface area contributed by atoms with Crippen LogP contribution in [0.5, 0.6) is 0 Å². The van der Waals surface area contributed by atoms with Gasteiger partial charge >= 0.3 is 0 Å². The maximum Gasteiger partial charge on any atom is 0.240 e. The van der Waals surface area contributed by atoms with Gasteiger partial charge in [0.05, 0.1) is 5.71 Å². The molecule has 20 heavy (non-hydrogen) atoms. The average Bonchev–Trinajstić information content (AvgIpc) is 2.45. The molecular weight excluding hydrogens is 252 g/mol. The van der Waals surface area contributed by atoms with E-state index in [-0.39, 0.29) is 18.4 Å². The zero-order valence-electron chi connectivity index (χ0n) is 11.9. The molecular formula is C16H22N2O2. The first-order valence-electron chi connectivity index (χ1n) is 7.27. The number of hydrazone groups is 1. The van der Waals surface area contributed by atoms with Gasteiger partial charge in [-0.25, -0.2) is 5.43 Å². The number of rotatable bonds is 6. The monoisotopic (exact) mass is 274 g/mol. The van der Waals surface area contributed by atoms with Gasteiger partial charge in [-0.2, -0.15) is 5.10 Å². The Morgan fingerprint density at radius 3 is 2.65 bits per heavy atom. The highest BCUT2D eigenvalue weighted by Crippen LogP contribution is 2.17. The lowest BCUT2D eigenvalue weighted by Crippen LogP contribution is -2.31. The molecule has 0 radical (unpaired) electrons. The minimum absolute atomic E-state index is 0.0123. The number of hydrogen-bond donors (Lipinski definition) is 2. The van der Waals surface area contributed by atoms with Crippen molar-refractivity contribution >= 4 is 11.6 Å². The van der Waals surface area contributed by atoms with Crippen LogP contribution in [0.1, 0.15) is 43.7 Å². The Kier molecular flexibility index (Phi) is 5.30. The average molecular weight is 274 g/mol. The van der Waals surface area contributed by atoms with E-state index in [4.69, 9.17) is 5.11 Å². The highest BCUT2D eigenvalue weighted by molar-refractivity contribution is 6.05. The van der Waals surface area contributed by atoms with Crippen LogP contribution < -0.4 is 5.43 Å². The van der Waals surface area contributed by atoms with Crippen LogP contribution in [0.4, 0.5) is 0 Å².